The molecule has 124 valence electrons. The lowest BCUT2D eigenvalue weighted by Gasteiger charge is -2.31. The molecule has 0 bridgehead atoms. The second kappa shape index (κ2) is 6.67. The molecule has 1 atom stereocenters. The largest absolute Gasteiger partial charge is 0.422 e. The molecule has 7 nitrogen and oxygen atoms in total. The maximum atomic E-state index is 12.4. The molecule has 0 radical (unpaired) electrons. The highest BCUT2D eigenvalue weighted by molar-refractivity contribution is 7.08. The van der Waals surface area contributed by atoms with Crippen LogP contribution in [0, 0.1) is 6.92 Å². The molecule has 0 saturated carbocycles. The fraction of sp³-hybridized carbons (Fsp3) is 0.533. The third-order valence-corrected chi connectivity index (χ3v) is 4.54. The van der Waals surface area contributed by atoms with Gasteiger partial charge < -0.3 is 19.4 Å². The average Bonchev–Trinajstić information content (AvgIpc) is 3.17. The van der Waals surface area contributed by atoms with Gasteiger partial charge in [-0.05, 0) is 17.9 Å². The predicted molar refractivity (Wildman–Crippen MR) is 86.7 cm³/mol. The summed E-state index contributed by atoms with van der Waals surface area (Å²) in [4.78, 5) is 14.1. The van der Waals surface area contributed by atoms with Crippen LogP contribution in [-0.2, 0) is 4.74 Å². The molecule has 2 amide bonds. The minimum Gasteiger partial charge on any atom is -0.422 e. The maximum Gasteiger partial charge on any atom is 0.322 e. The van der Waals surface area contributed by atoms with Crippen LogP contribution in [0.3, 0.4) is 0 Å². The second-order valence-corrected chi connectivity index (χ2v) is 6.58. The van der Waals surface area contributed by atoms with E-state index in [2.05, 4.69) is 15.5 Å². The number of hydrogen-bond acceptors (Lipinski definition) is 6. The molecular formula is C15H20N4O3S. The summed E-state index contributed by atoms with van der Waals surface area (Å²) >= 11 is 1.57. The normalized spacial score (nSPS) is 18.4. The Morgan fingerprint density at radius 1 is 1.43 bits per heavy atom. The first-order chi connectivity index (χ1) is 11.0. The van der Waals surface area contributed by atoms with E-state index in [9.17, 15) is 4.79 Å². The standard InChI is InChI=1S/C15H20N4O3S/c1-9(2)13-17-18-14(22-13)12-6-19(4-5-21-12)15(20)16-11-8-23-7-10(11)3/h7-9,12H,4-6H2,1-3H3,(H,16,20)/t12-/m0/s1. The third-order valence-electron chi connectivity index (χ3n) is 3.68. The van der Waals surface area contributed by atoms with Gasteiger partial charge in [0, 0.05) is 17.8 Å². The first-order valence-electron chi connectivity index (χ1n) is 7.58. The van der Waals surface area contributed by atoms with Crippen LogP contribution in [0.15, 0.2) is 15.2 Å². The van der Waals surface area contributed by atoms with Gasteiger partial charge in [0.2, 0.25) is 11.8 Å². The number of aromatic nitrogens is 2. The van der Waals surface area contributed by atoms with Gasteiger partial charge in [-0.1, -0.05) is 13.8 Å². The first kappa shape index (κ1) is 15.9. The van der Waals surface area contributed by atoms with Gasteiger partial charge in [0.15, 0.2) is 6.10 Å². The van der Waals surface area contributed by atoms with Gasteiger partial charge in [-0.15, -0.1) is 21.5 Å². The van der Waals surface area contributed by atoms with Crippen molar-refractivity contribution in [3.8, 4) is 0 Å². The van der Waals surface area contributed by atoms with E-state index in [-0.39, 0.29) is 18.1 Å². The summed E-state index contributed by atoms with van der Waals surface area (Å²) in [5, 5.41) is 14.9. The Balaban J connectivity index is 1.65. The van der Waals surface area contributed by atoms with Crippen molar-refractivity contribution in [1.82, 2.24) is 15.1 Å². The van der Waals surface area contributed by atoms with Crippen molar-refractivity contribution in [2.75, 3.05) is 25.0 Å². The van der Waals surface area contributed by atoms with Gasteiger partial charge in [0.05, 0.1) is 18.8 Å². The summed E-state index contributed by atoms with van der Waals surface area (Å²) in [5.74, 6) is 1.18. The van der Waals surface area contributed by atoms with E-state index >= 15 is 0 Å². The van der Waals surface area contributed by atoms with Gasteiger partial charge in [0.25, 0.3) is 0 Å². The van der Waals surface area contributed by atoms with Gasteiger partial charge in [-0.25, -0.2) is 4.79 Å². The molecule has 0 spiro atoms. The molecule has 1 aliphatic rings. The Hall–Kier alpha value is -1.93. The molecule has 2 aromatic heterocycles. The number of amides is 2. The Bertz CT molecular complexity index is 682. The molecule has 1 N–H and O–H groups in total. The van der Waals surface area contributed by atoms with E-state index in [0.29, 0.717) is 31.5 Å². The molecule has 1 saturated heterocycles. The van der Waals surface area contributed by atoms with E-state index in [1.807, 2.05) is 31.5 Å². The van der Waals surface area contributed by atoms with E-state index in [4.69, 9.17) is 9.15 Å². The van der Waals surface area contributed by atoms with Crippen molar-refractivity contribution in [3.63, 3.8) is 0 Å². The Morgan fingerprint density at radius 2 is 2.26 bits per heavy atom. The minimum absolute atomic E-state index is 0.136. The van der Waals surface area contributed by atoms with Gasteiger partial charge in [0.1, 0.15) is 0 Å². The van der Waals surface area contributed by atoms with Crippen LogP contribution in [0.5, 0.6) is 0 Å². The van der Waals surface area contributed by atoms with E-state index < -0.39 is 0 Å². The summed E-state index contributed by atoms with van der Waals surface area (Å²) in [6.45, 7) is 7.33. The van der Waals surface area contributed by atoms with Crippen LogP contribution < -0.4 is 5.32 Å². The number of hydrogen-bond donors (Lipinski definition) is 1. The van der Waals surface area contributed by atoms with Gasteiger partial charge in [-0.2, -0.15) is 0 Å². The van der Waals surface area contributed by atoms with Crippen molar-refractivity contribution in [3.05, 3.63) is 28.1 Å². The zero-order chi connectivity index (χ0) is 16.4. The van der Waals surface area contributed by atoms with Crippen LogP contribution in [0.2, 0.25) is 0 Å². The Morgan fingerprint density at radius 3 is 2.91 bits per heavy atom. The van der Waals surface area contributed by atoms with Crippen LogP contribution in [0.1, 0.15) is 43.2 Å². The number of rotatable bonds is 3. The highest BCUT2D eigenvalue weighted by Crippen LogP contribution is 2.25. The van der Waals surface area contributed by atoms with Crippen molar-refractivity contribution in [2.45, 2.75) is 32.8 Å². The monoisotopic (exact) mass is 336 g/mol. The Labute approximate surface area is 138 Å². The molecule has 3 rings (SSSR count). The summed E-state index contributed by atoms with van der Waals surface area (Å²) in [6.07, 6.45) is -0.377. The summed E-state index contributed by atoms with van der Waals surface area (Å²) in [6, 6.07) is -0.136. The topological polar surface area (TPSA) is 80.5 Å². The lowest BCUT2D eigenvalue weighted by Crippen LogP contribution is -2.44. The minimum atomic E-state index is -0.377. The highest BCUT2D eigenvalue weighted by Gasteiger charge is 2.29. The molecule has 2 aromatic rings. The van der Waals surface area contributed by atoms with Crippen LogP contribution in [0.4, 0.5) is 10.5 Å². The van der Waals surface area contributed by atoms with E-state index in [1.54, 1.807) is 16.2 Å². The molecule has 1 aliphatic heterocycles. The van der Waals surface area contributed by atoms with Crippen LogP contribution >= 0.6 is 11.3 Å². The number of anilines is 1. The summed E-state index contributed by atoms with van der Waals surface area (Å²) in [5.41, 5.74) is 1.91. The Kier molecular flexibility index (Phi) is 4.63. The smallest absolute Gasteiger partial charge is 0.322 e. The maximum absolute atomic E-state index is 12.4. The van der Waals surface area contributed by atoms with Gasteiger partial charge >= 0.3 is 6.03 Å². The number of nitrogens with one attached hydrogen (secondary N) is 1. The van der Waals surface area contributed by atoms with Crippen molar-refractivity contribution in [2.24, 2.45) is 0 Å². The third kappa shape index (κ3) is 3.53. The van der Waals surface area contributed by atoms with E-state index in [1.165, 1.54) is 0 Å². The number of carbonyl (C=O) groups excluding carboxylic acids is 1. The molecule has 0 aliphatic carbocycles. The average molecular weight is 336 g/mol. The first-order valence-corrected chi connectivity index (χ1v) is 8.52. The second-order valence-electron chi connectivity index (χ2n) is 5.84. The number of nitrogens with zero attached hydrogens (tertiary/aromatic N) is 3. The zero-order valence-electron chi connectivity index (χ0n) is 13.4. The molecule has 0 unspecified atom stereocenters. The highest BCUT2D eigenvalue weighted by atomic mass is 32.1. The fourth-order valence-electron chi connectivity index (χ4n) is 2.28. The molecular weight excluding hydrogens is 316 g/mol. The van der Waals surface area contributed by atoms with E-state index in [0.717, 1.165) is 11.3 Å². The fourth-order valence-corrected chi connectivity index (χ4v) is 3.06. The molecule has 1 fully saturated rings. The quantitative estimate of drug-likeness (QED) is 0.931. The number of ether oxygens (including phenoxy) is 1. The van der Waals surface area contributed by atoms with Crippen molar-refractivity contribution >= 4 is 23.1 Å². The van der Waals surface area contributed by atoms with Crippen LogP contribution in [0.25, 0.3) is 0 Å². The SMILES string of the molecule is Cc1cscc1NC(=O)N1CCO[C@H](c2nnc(C(C)C)o2)C1. The zero-order valence-corrected chi connectivity index (χ0v) is 14.2. The number of thiophene rings is 1. The number of morpholine rings is 1. The van der Waals surface area contributed by atoms with Crippen molar-refractivity contribution in [1.29, 1.82) is 0 Å². The van der Waals surface area contributed by atoms with Gasteiger partial charge in [-0.3, -0.25) is 0 Å². The lowest BCUT2D eigenvalue weighted by atomic mass is 10.2. The summed E-state index contributed by atoms with van der Waals surface area (Å²) in [7, 11) is 0. The molecule has 3 heterocycles. The van der Waals surface area contributed by atoms with Crippen molar-refractivity contribution < 1.29 is 13.9 Å². The molecule has 0 aromatic carbocycles. The number of carbonyl (C=O) groups is 1. The molecule has 8 heteroatoms. The van der Waals surface area contributed by atoms with Crippen LogP contribution in [-0.4, -0.2) is 40.8 Å². The number of aryl methyl sites for hydroxylation is 1. The summed E-state index contributed by atoms with van der Waals surface area (Å²) < 4.78 is 11.3. The predicted octanol–water partition coefficient (Wildman–Crippen LogP) is 3.17. The molecule has 23 heavy (non-hydrogen) atoms. The number of urea groups is 1. The lowest BCUT2D eigenvalue weighted by molar-refractivity contribution is -0.0276.